The second kappa shape index (κ2) is 6.58. The van der Waals surface area contributed by atoms with Crippen LogP contribution in [0.5, 0.6) is 0 Å². The zero-order chi connectivity index (χ0) is 17.3. The Morgan fingerprint density at radius 3 is 2.17 bits per heavy atom. The highest BCUT2D eigenvalue weighted by Gasteiger charge is 2.30. The van der Waals surface area contributed by atoms with Crippen LogP contribution in [0.1, 0.15) is 11.1 Å². The van der Waals surface area contributed by atoms with Gasteiger partial charge in [0.05, 0.1) is 14.9 Å². The minimum Gasteiger partial charge on any atom is -0.207 e. The first-order valence-corrected chi connectivity index (χ1v) is 8.48. The summed E-state index contributed by atoms with van der Waals surface area (Å²) in [4.78, 5) is -0.285. The smallest absolute Gasteiger partial charge is 0.207 e. The molecule has 124 valence electrons. The molecule has 0 bridgehead atoms. The number of nitrogens with one attached hydrogen (secondary N) is 1. The van der Waals surface area contributed by atoms with Crippen molar-refractivity contribution in [2.45, 2.75) is 17.6 Å². The SMILES string of the molecule is O=S(=O)(NCc1ccc(F)c(Br)c1)c1ccc(C(F)(F)F)cc1. The van der Waals surface area contributed by atoms with Gasteiger partial charge in [0.25, 0.3) is 0 Å². The molecule has 0 aliphatic carbocycles. The van der Waals surface area contributed by atoms with Gasteiger partial charge in [-0.25, -0.2) is 17.5 Å². The van der Waals surface area contributed by atoms with Gasteiger partial charge in [0.1, 0.15) is 5.82 Å². The lowest BCUT2D eigenvalue weighted by molar-refractivity contribution is -0.137. The quantitative estimate of drug-likeness (QED) is 0.770. The van der Waals surface area contributed by atoms with E-state index in [0.717, 1.165) is 12.1 Å². The van der Waals surface area contributed by atoms with E-state index in [0.29, 0.717) is 17.7 Å². The summed E-state index contributed by atoms with van der Waals surface area (Å²) < 4.78 is 77.0. The second-order valence-electron chi connectivity index (χ2n) is 4.60. The highest BCUT2D eigenvalue weighted by Crippen LogP contribution is 2.29. The predicted octanol–water partition coefficient (Wildman–Crippen LogP) is 4.09. The van der Waals surface area contributed by atoms with Crippen LogP contribution >= 0.6 is 15.9 Å². The van der Waals surface area contributed by atoms with Gasteiger partial charge in [0.2, 0.25) is 10.0 Å². The van der Waals surface area contributed by atoms with Gasteiger partial charge in [-0.15, -0.1) is 0 Å². The predicted molar refractivity (Wildman–Crippen MR) is 79.6 cm³/mol. The number of sulfonamides is 1. The van der Waals surface area contributed by atoms with Crippen LogP contribution in [-0.4, -0.2) is 8.42 Å². The summed E-state index contributed by atoms with van der Waals surface area (Å²) in [7, 11) is -3.97. The van der Waals surface area contributed by atoms with Crippen molar-refractivity contribution >= 4 is 26.0 Å². The summed E-state index contributed by atoms with van der Waals surface area (Å²) in [6, 6.07) is 7.13. The molecule has 0 aliphatic heterocycles. The molecule has 0 amide bonds. The third-order valence-electron chi connectivity index (χ3n) is 2.94. The van der Waals surface area contributed by atoms with Crippen molar-refractivity contribution < 1.29 is 26.0 Å². The molecule has 0 aliphatic rings. The van der Waals surface area contributed by atoms with Crippen molar-refractivity contribution in [2.24, 2.45) is 0 Å². The van der Waals surface area contributed by atoms with Crippen molar-refractivity contribution in [3.05, 3.63) is 63.9 Å². The Morgan fingerprint density at radius 1 is 1.04 bits per heavy atom. The topological polar surface area (TPSA) is 46.2 Å². The van der Waals surface area contributed by atoms with Crippen LogP contribution in [0.2, 0.25) is 0 Å². The van der Waals surface area contributed by atoms with E-state index in [1.165, 1.54) is 18.2 Å². The average Bonchev–Trinajstić information content (AvgIpc) is 2.48. The maximum atomic E-state index is 13.1. The fraction of sp³-hybridized carbons (Fsp3) is 0.143. The molecule has 0 unspecified atom stereocenters. The van der Waals surface area contributed by atoms with E-state index >= 15 is 0 Å². The molecule has 2 aromatic rings. The molecule has 0 radical (unpaired) electrons. The van der Waals surface area contributed by atoms with Crippen LogP contribution in [-0.2, 0) is 22.7 Å². The van der Waals surface area contributed by atoms with Gasteiger partial charge in [-0.05, 0) is 57.9 Å². The summed E-state index contributed by atoms with van der Waals surface area (Å²) >= 11 is 2.98. The van der Waals surface area contributed by atoms with Gasteiger partial charge in [-0.2, -0.15) is 13.2 Å². The molecule has 0 saturated carbocycles. The number of halogens is 5. The molecule has 9 heteroatoms. The van der Waals surface area contributed by atoms with Crippen LogP contribution < -0.4 is 4.72 Å². The summed E-state index contributed by atoms with van der Waals surface area (Å²) in [6.45, 7) is -0.123. The number of benzene rings is 2. The first-order chi connectivity index (χ1) is 10.6. The molecular weight excluding hydrogens is 402 g/mol. The zero-order valence-corrected chi connectivity index (χ0v) is 13.8. The van der Waals surface area contributed by atoms with Crippen LogP contribution in [0.3, 0.4) is 0 Å². The van der Waals surface area contributed by atoms with E-state index in [9.17, 15) is 26.0 Å². The van der Waals surface area contributed by atoms with Crippen molar-refractivity contribution in [1.82, 2.24) is 4.72 Å². The molecule has 0 spiro atoms. The normalized spacial score (nSPS) is 12.4. The Hall–Kier alpha value is -1.45. The Kier molecular flexibility index (Phi) is 5.12. The molecular formula is C14H10BrF4NO2S. The molecule has 0 saturated heterocycles. The Balaban J connectivity index is 2.14. The van der Waals surface area contributed by atoms with Crippen LogP contribution in [0.4, 0.5) is 17.6 Å². The third kappa shape index (κ3) is 4.52. The van der Waals surface area contributed by atoms with Gasteiger partial charge >= 0.3 is 6.18 Å². The molecule has 23 heavy (non-hydrogen) atoms. The van der Waals surface area contributed by atoms with Crippen molar-refractivity contribution in [1.29, 1.82) is 0 Å². The van der Waals surface area contributed by atoms with Gasteiger partial charge < -0.3 is 0 Å². The van der Waals surface area contributed by atoms with E-state index in [1.54, 1.807) is 0 Å². The molecule has 0 aromatic heterocycles. The standard InChI is InChI=1S/C14H10BrF4NO2S/c15-12-7-9(1-6-13(12)16)8-20-23(21,22)11-4-2-10(3-5-11)14(17,18)19/h1-7,20H,8H2. The first-order valence-electron chi connectivity index (χ1n) is 6.20. The molecule has 1 N–H and O–H groups in total. The monoisotopic (exact) mass is 411 g/mol. The second-order valence-corrected chi connectivity index (χ2v) is 7.22. The Bertz CT molecular complexity index is 805. The number of rotatable bonds is 4. The average molecular weight is 412 g/mol. The van der Waals surface area contributed by atoms with Gasteiger partial charge in [0, 0.05) is 6.54 Å². The molecule has 2 rings (SSSR count). The minimum absolute atomic E-state index is 0.123. The first kappa shape index (κ1) is 17.9. The summed E-state index contributed by atoms with van der Waals surface area (Å²) in [5.41, 5.74) is -0.437. The van der Waals surface area contributed by atoms with E-state index in [1.807, 2.05) is 0 Å². The zero-order valence-electron chi connectivity index (χ0n) is 11.4. The van der Waals surface area contributed by atoms with E-state index < -0.39 is 27.6 Å². The van der Waals surface area contributed by atoms with Crippen LogP contribution in [0, 0.1) is 5.82 Å². The largest absolute Gasteiger partial charge is 0.416 e. The van der Waals surface area contributed by atoms with Gasteiger partial charge in [-0.1, -0.05) is 6.07 Å². The van der Waals surface area contributed by atoms with Gasteiger partial charge in [0.15, 0.2) is 0 Å². The molecule has 0 atom stereocenters. The maximum absolute atomic E-state index is 13.1. The molecule has 0 fully saturated rings. The molecule has 3 nitrogen and oxygen atoms in total. The van der Waals surface area contributed by atoms with E-state index in [-0.39, 0.29) is 15.9 Å². The van der Waals surface area contributed by atoms with Crippen molar-refractivity contribution in [2.75, 3.05) is 0 Å². The van der Waals surface area contributed by atoms with Crippen LogP contribution in [0.25, 0.3) is 0 Å². The summed E-state index contributed by atoms with van der Waals surface area (Å²) in [5, 5.41) is 0. The number of hydrogen-bond acceptors (Lipinski definition) is 2. The van der Waals surface area contributed by atoms with E-state index in [4.69, 9.17) is 0 Å². The molecule has 0 heterocycles. The highest BCUT2D eigenvalue weighted by atomic mass is 79.9. The fourth-order valence-corrected chi connectivity index (χ4v) is 3.18. The minimum atomic E-state index is -4.53. The third-order valence-corrected chi connectivity index (χ3v) is 4.97. The van der Waals surface area contributed by atoms with E-state index in [2.05, 4.69) is 20.7 Å². The fourth-order valence-electron chi connectivity index (χ4n) is 1.73. The van der Waals surface area contributed by atoms with Crippen molar-refractivity contribution in [3.63, 3.8) is 0 Å². The number of alkyl halides is 3. The number of hydrogen-bond donors (Lipinski definition) is 1. The summed E-state index contributed by atoms with van der Waals surface area (Å²) in [6.07, 6.45) is -4.53. The Labute approximate surface area is 138 Å². The Morgan fingerprint density at radius 2 is 1.65 bits per heavy atom. The van der Waals surface area contributed by atoms with Gasteiger partial charge in [-0.3, -0.25) is 0 Å². The van der Waals surface area contributed by atoms with Crippen molar-refractivity contribution in [3.8, 4) is 0 Å². The lowest BCUT2D eigenvalue weighted by Gasteiger charge is -2.10. The maximum Gasteiger partial charge on any atom is 0.416 e. The lowest BCUT2D eigenvalue weighted by Crippen LogP contribution is -2.23. The summed E-state index contributed by atoms with van der Waals surface area (Å²) in [5.74, 6) is -0.487. The molecule has 2 aromatic carbocycles. The lowest BCUT2D eigenvalue weighted by atomic mass is 10.2. The van der Waals surface area contributed by atoms with Crippen LogP contribution in [0.15, 0.2) is 51.8 Å². The highest BCUT2D eigenvalue weighted by molar-refractivity contribution is 9.10.